The van der Waals surface area contributed by atoms with Crippen LogP contribution in [0.25, 0.3) is 0 Å². The molecule has 0 fully saturated rings. The fourth-order valence-electron chi connectivity index (χ4n) is 1.33. The molecule has 0 atom stereocenters. The van der Waals surface area contributed by atoms with Gasteiger partial charge in [0.1, 0.15) is 6.07 Å². The quantitative estimate of drug-likeness (QED) is 0.594. The number of benzene rings is 1. The number of hydrogen-bond acceptors (Lipinski definition) is 3. The molecule has 0 amide bonds. The Morgan fingerprint density at radius 2 is 2.11 bits per heavy atom. The molecule has 0 heterocycles. The molecule has 0 aromatic heterocycles. The van der Waals surface area contributed by atoms with Crippen molar-refractivity contribution in [2.45, 2.75) is 13.1 Å². The maximum absolute atomic E-state index is 12.7. The van der Waals surface area contributed by atoms with E-state index in [-0.39, 0.29) is 15.7 Å². The Balaban J connectivity index is 3.51. The zero-order valence-corrected chi connectivity index (χ0v) is 11.3. The molecular formula is C11H7F3INO2. The van der Waals surface area contributed by atoms with Crippen LogP contribution in [-0.2, 0) is 10.9 Å². The summed E-state index contributed by atoms with van der Waals surface area (Å²) in [4.78, 5) is 11.6. The highest BCUT2D eigenvalue weighted by molar-refractivity contribution is 14.1. The van der Waals surface area contributed by atoms with Crippen LogP contribution in [0, 0.1) is 14.9 Å². The van der Waals surface area contributed by atoms with Crippen LogP contribution in [0.5, 0.6) is 0 Å². The van der Waals surface area contributed by atoms with Crippen LogP contribution in [0.4, 0.5) is 13.2 Å². The van der Waals surface area contributed by atoms with Gasteiger partial charge in [-0.2, -0.15) is 18.4 Å². The summed E-state index contributed by atoms with van der Waals surface area (Å²) in [6.45, 7) is 1.56. The minimum atomic E-state index is -4.68. The molecule has 0 aliphatic carbocycles. The molecule has 0 aliphatic heterocycles. The molecule has 0 spiro atoms. The predicted octanol–water partition coefficient (Wildman–Crippen LogP) is 3.36. The highest BCUT2D eigenvalue weighted by Crippen LogP contribution is 2.34. The summed E-state index contributed by atoms with van der Waals surface area (Å²) in [7, 11) is 0. The van der Waals surface area contributed by atoms with Gasteiger partial charge in [-0.3, -0.25) is 0 Å². The van der Waals surface area contributed by atoms with E-state index in [1.54, 1.807) is 22.6 Å². The minimum Gasteiger partial charge on any atom is -0.462 e. The molecule has 0 radical (unpaired) electrons. The number of esters is 1. The SMILES string of the molecule is CCOC(=O)c1c(I)ccc(C(F)(F)F)c1C#N. The van der Waals surface area contributed by atoms with Crippen LogP contribution in [0.3, 0.4) is 0 Å². The van der Waals surface area contributed by atoms with Gasteiger partial charge in [0.25, 0.3) is 0 Å². The van der Waals surface area contributed by atoms with Gasteiger partial charge in [0.15, 0.2) is 0 Å². The fraction of sp³-hybridized carbons (Fsp3) is 0.273. The highest BCUT2D eigenvalue weighted by Gasteiger charge is 2.36. The van der Waals surface area contributed by atoms with Gasteiger partial charge in [0, 0.05) is 3.57 Å². The molecule has 0 saturated carbocycles. The van der Waals surface area contributed by atoms with E-state index in [1.165, 1.54) is 13.0 Å². The Kier molecular flexibility index (Phi) is 4.56. The first-order chi connectivity index (χ1) is 8.32. The van der Waals surface area contributed by atoms with Crippen molar-refractivity contribution in [3.8, 4) is 6.07 Å². The lowest BCUT2D eigenvalue weighted by Gasteiger charge is -2.13. The molecular weight excluding hydrogens is 362 g/mol. The number of alkyl halides is 3. The van der Waals surface area contributed by atoms with Crippen LogP contribution in [0.2, 0.25) is 0 Å². The number of rotatable bonds is 2. The number of hydrogen-bond donors (Lipinski definition) is 0. The van der Waals surface area contributed by atoms with E-state index in [1.807, 2.05) is 0 Å². The number of ether oxygens (including phenoxy) is 1. The maximum Gasteiger partial charge on any atom is 0.417 e. The van der Waals surface area contributed by atoms with Crippen LogP contribution in [0.1, 0.15) is 28.4 Å². The Labute approximate surface area is 115 Å². The van der Waals surface area contributed by atoms with E-state index >= 15 is 0 Å². The summed E-state index contributed by atoms with van der Waals surface area (Å²) in [5.74, 6) is -0.926. The van der Waals surface area contributed by atoms with Crippen molar-refractivity contribution in [2.24, 2.45) is 0 Å². The molecule has 7 heteroatoms. The van der Waals surface area contributed by atoms with Gasteiger partial charge in [-0.1, -0.05) is 0 Å². The molecule has 0 bridgehead atoms. The molecule has 1 aromatic carbocycles. The van der Waals surface area contributed by atoms with Gasteiger partial charge in [-0.25, -0.2) is 4.79 Å². The summed E-state index contributed by atoms with van der Waals surface area (Å²) in [6, 6.07) is 3.34. The second kappa shape index (κ2) is 5.56. The van der Waals surface area contributed by atoms with Crippen molar-refractivity contribution >= 4 is 28.6 Å². The summed E-state index contributed by atoms with van der Waals surface area (Å²) in [5.41, 5.74) is -2.17. The lowest BCUT2D eigenvalue weighted by Crippen LogP contribution is -2.15. The van der Waals surface area contributed by atoms with Crippen molar-refractivity contribution in [1.29, 1.82) is 5.26 Å². The second-order valence-corrected chi connectivity index (χ2v) is 4.34. The molecule has 18 heavy (non-hydrogen) atoms. The number of carbonyl (C=O) groups is 1. The molecule has 1 rings (SSSR count). The summed E-state index contributed by atoms with van der Waals surface area (Å²) >= 11 is 1.69. The third kappa shape index (κ3) is 2.93. The second-order valence-electron chi connectivity index (χ2n) is 3.17. The highest BCUT2D eigenvalue weighted by atomic mass is 127. The van der Waals surface area contributed by atoms with Gasteiger partial charge >= 0.3 is 12.1 Å². The van der Waals surface area contributed by atoms with E-state index in [9.17, 15) is 18.0 Å². The largest absolute Gasteiger partial charge is 0.462 e. The third-order valence-electron chi connectivity index (χ3n) is 2.05. The lowest BCUT2D eigenvalue weighted by molar-refractivity contribution is -0.137. The van der Waals surface area contributed by atoms with Crippen LogP contribution < -0.4 is 0 Å². The summed E-state index contributed by atoms with van der Waals surface area (Å²) in [6.07, 6.45) is -4.68. The van der Waals surface area contributed by atoms with E-state index in [0.717, 1.165) is 12.1 Å². The zero-order chi connectivity index (χ0) is 13.9. The maximum atomic E-state index is 12.7. The molecule has 0 unspecified atom stereocenters. The molecule has 0 N–H and O–H groups in total. The first-order valence-electron chi connectivity index (χ1n) is 4.79. The summed E-state index contributed by atoms with van der Waals surface area (Å²) in [5, 5.41) is 8.84. The minimum absolute atomic E-state index is 0.0238. The molecule has 96 valence electrons. The first-order valence-corrected chi connectivity index (χ1v) is 5.87. The van der Waals surface area contributed by atoms with Crippen LogP contribution in [-0.4, -0.2) is 12.6 Å². The van der Waals surface area contributed by atoms with Crippen LogP contribution in [0.15, 0.2) is 12.1 Å². The number of carbonyl (C=O) groups excluding carboxylic acids is 1. The molecule has 1 aromatic rings. The van der Waals surface area contributed by atoms with E-state index in [2.05, 4.69) is 4.74 Å². The molecule has 0 saturated heterocycles. The Morgan fingerprint density at radius 1 is 1.50 bits per heavy atom. The van der Waals surface area contributed by atoms with E-state index < -0.39 is 23.3 Å². The van der Waals surface area contributed by atoms with E-state index in [0.29, 0.717) is 0 Å². The summed E-state index contributed by atoms with van der Waals surface area (Å²) < 4.78 is 43.0. The average Bonchev–Trinajstić information content (AvgIpc) is 2.26. The van der Waals surface area contributed by atoms with Crippen molar-refractivity contribution < 1.29 is 22.7 Å². The number of nitrogens with zero attached hydrogens (tertiary/aromatic N) is 1. The topological polar surface area (TPSA) is 50.1 Å². The first kappa shape index (κ1) is 14.8. The van der Waals surface area contributed by atoms with E-state index in [4.69, 9.17) is 5.26 Å². The van der Waals surface area contributed by atoms with Crippen molar-refractivity contribution in [3.63, 3.8) is 0 Å². The zero-order valence-electron chi connectivity index (χ0n) is 9.14. The standard InChI is InChI=1S/C11H7F3INO2/c1-2-18-10(17)9-6(5-16)7(11(12,13)14)3-4-8(9)15/h3-4H,2H2,1H3. The molecule has 0 aliphatic rings. The van der Waals surface area contributed by atoms with Crippen molar-refractivity contribution in [3.05, 3.63) is 32.4 Å². The third-order valence-corrected chi connectivity index (χ3v) is 2.95. The van der Waals surface area contributed by atoms with Gasteiger partial charge in [0.2, 0.25) is 0 Å². The lowest BCUT2D eigenvalue weighted by atomic mass is 10.0. The monoisotopic (exact) mass is 369 g/mol. The van der Waals surface area contributed by atoms with Crippen molar-refractivity contribution in [1.82, 2.24) is 0 Å². The van der Waals surface area contributed by atoms with Gasteiger partial charge in [0.05, 0.1) is 23.3 Å². The fourth-order valence-corrected chi connectivity index (χ4v) is 2.00. The van der Waals surface area contributed by atoms with Gasteiger partial charge in [-0.15, -0.1) is 0 Å². The Bertz CT molecular complexity index is 520. The van der Waals surface area contributed by atoms with Crippen LogP contribution >= 0.6 is 22.6 Å². The predicted molar refractivity (Wildman–Crippen MR) is 64.8 cm³/mol. The number of halogens is 4. The Hall–Kier alpha value is -1.30. The average molecular weight is 369 g/mol. The van der Waals surface area contributed by atoms with Gasteiger partial charge in [-0.05, 0) is 41.6 Å². The van der Waals surface area contributed by atoms with Gasteiger partial charge < -0.3 is 4.74 Å². The Morgan fingerprint density at radius 3 is 2.56 bits per heavy atom. The normalized spacial score (nSPS) is 10.9. The number of nitriles is 1. The van der Waals surface area contributed by atoms with Crippen molar-refractivity contribution in [2.75, 3.05) is 6.61 Å². The smallest absolute Gasteiger partial charge is 0.417 e. The molecule has 3 nitrogen and oxygen atoms in total.